The normalized spacial score (nSPS) is 11.2. The Morgan fingerprint density at radius 1 is 0.923 bits per heavy atom. The maximum absolute atomic E-state index is 12.6. The highest BCUT2D eigenvalue weighted by molar-refractivity contribution is 5.59. The van der Waals surface area contributed by atoms with E-state index < -0.39 is 11.7 Å². The highest BCUT2D eigenvalue weighted by Gasteiger charge is 2.29. The number of rotatable bonds is 5. The first-order valence-electron chi connectivity index (χ1n) is 7.96. The molecule has 134 valence electrons. The van der Waals surface area contributed by atoms with Crippen LogP contribution in [0.5, 0.6) is 0 Å². The molecule has 0 radical (unpaired) electrons. The quantitative estimate of drug-likeness (QED) is 0.661. The van der Waals surface area contributed by atoms with Crippen molar-refractivity contribution in [2.24, 2.45) is 0 Å². The standard InChI is InChI=1S/C19H17F3N4/c1-13-4-2-3-5-14(13)11-23-17-10-18(25-12-24-17)26-16-8-6-15(7-9-16)19(20,21)22/h2-10,12H,11H2,1H3,(H2,23,24,25,26). The van der Waals surface area contributed by atoms with Gasteiger partial charge in [-0.2, -0.15) is 13.2 Å². The van der Waals surface area contributed by atoms with Crippen LogP contribution in [0.4, 0.5) is 30.5 Å². The van der Waals surface area contributed by atoms with Gasteiger partial charge in [0, 0.05) is 18.3 Å². The van der Waals surface area contributed by atoms with Crippen LogP contribution in [-0.4, -0.2) is 9.97 Å². The van der Waals surface area contributed by atoms with Gasteiger partial charge in [-0.1, -0.05) is 24.3 Å². The fourth-order valence-electron chi connectivity index (χ4n) is 2.41. The molecule has 0 aliphatic heterocycles. The van der Waals surface area contributed by atoms with E-state index in [-0.39, 0.29) is 0 Å². The van der Waals surface area contributed by atoms with Gasteiger partial charge in [0.05, 0.1) is 5.56 Å². The molecule has 1 heterocycles. The third-order valence-electron chi connectivity index (χ3n) is 3.87. The maximum Gasteiger partial charge on any atom is 0.416 e. The van der Waals surface area contributed by atoms with Gasteiger partial charge >= 0.3 is 6.18 Å². The zero-order valence-corrected chi connectivity index (χ0v) is 14.0. The molecule has 0 saturated heterocycles. The van der Waals surface area contributed by atoms with Crippen molar-refractivity contribution in [2.45, 2.75) is 19.6 Å². The average molecular weight is 358 g/mol. The number of anilines is 3. The first-order chi connectivity index (χ1) is 12.4. The van der Waals surface area contributed by atoms with Gasteiger partial charge < -0.3 is 10.6 Å². The van der Waals surface area contributed by atoms with E-state index in [1.165, 1.54) is 24.0 Å². The summed E-state index contributed by atoms with van der Waals surface area (Å²) in [5.74, 6) is 1.12. The number of nitrogens with zero attached hydrogens (tertiary/aromatic N) is 2. The lowest BCUT2D eigenvalue weighted by molar-refractivity contribution is -0.137. The molecule has 0 saturated carbocycles. The molecule has 2 N–H and O–H groups in total. The zero-order chi connectivity index (χ0) is 18.6. The molecule has 3 aromatic rings. The lowest BCUT2D eigenvalue weighted by atomic mass is 10.1. The second-order valence-electron chi connectivity index (χ2n) is 5.77. The minimum absolute atomic E-state index is 0.493. The first kappa shape index (κ1) is 17.7. The Morgan fingerprint density at radius 2 is 1.62 bits per heavy atom. The SMILES string of the molecule is Cc1ccccc1CNc1cc(Nc2ccc(C(F)(F)F)cc2)ncn1. The molecular formula is C19H17F3N4. The molecule has 0 fully saturated rings. The summed E-state index contributed by atoms with van der Waals surface area (Å²) < 4.78 is 37.8. The molecule has 0 atom stereocenters. The summed E-state index contributed by atoms with van der Waals surface area (Å²) in [5.41, 5.74) is 2.16. The van der Waals surface area contributed by atoms with Crippen LogP contribution in [0.2, 0.25) is 0 Å². The molecule has 0 unspecified atom stereocenters. The molecule has 2 aromatic carbocycles. The number of alkyl halides is 3. The van der Waals surface area contributed by atoms with Crippen LogP contribution in [-0.2, 0) is 12.7 Å². The predicted molar refractivity (Wildman–Crippen MR) is 95.3 cm³/mol. The van der Waals surface area contributed by atoms with Gasteiger partial charge in [0.25, 0.3) is 0 Å². The Hall–Kier alpha value is -3.09. The second kappa shape index (κ2) is 7.43. The molecule has 26 heavy (non-hydrogen) atoms. The summed E-state index contributed by atoms with van der Waals surface area (Å²) in [6, 6.07) is 14.5. The van der Waals surface area contributed by atoms with Crippen LogP contribution in [0, 0.1) is 6.92 Å². The van der Waals surface area contributed by atoms with Gasteiger partial charge in [0.1, 0.15) is 18.0 Å². The third kappa shape index (κ3) is 4.50. The van der Waals surface area contributed by atoms with Gasteiger partial charge in [0.15, 0.2) is 0 Å². The third-order valence-corrected chi connectivity index (χ3v) is 3.87. The molecular weight excluding hydrogens is 341 g/mol. The van der Waals surface area contributed by atoms with Gasteiger partial charge in [0.2, 0.25) is 0 Å². The molecule has 7 heteroatoms. The second-order valence-corrected chi connectivity index (χ2v) is 5.77. The van der Waals surface area contributed by atoms with E-state index in [1.54, 1.807) is 6.07 Å². The van der Waals surface area contributed by atoms with Crippen LogP contribution in [0.1, 0.15) is 16.7 Å². The summed E-state index contributed by atoms with van der Waals surface area (Å²) in [4.78, 5) is 8.26. The van der Waals surface area contributed by atoms with Gasteiger partial charge in [-0.05, 0) is 42.3 Å². The maximum atomic E-state index is 12.6. The number of aromatic nitrogens is 2. The molecule has 3 rings (SSSR count). The monoisotopic (exact) mass is 358 g/mol. The fraction of sp³-hybridized carbons (Fsp3) is 0.158. The summed E-state index contributed by atoms with van der Waals surface area (Å²) in [5, 5.41) is 6.19. The largest absolute Gasteiger partial charge is 0.416 e. The summed E-state index contributed by atoms with van der Waals surface area (Å²) in [7, 11) is 0. The molecule has 0 aliphatic carbocycles. The zero-order valence-electron chi connectivity index (χ0n) is 14.0. The number of nitrogens with one attached hydrogen (secondary N) is 2. The minimum atomic E-state index is -4.35. The predicted octanol–water partition coefficient (Wildman–Crippen LogP) is 5.16. The van der Waals surface area contributed by atoms with Crippen molar-refractivity contribution in [3.05, 3.63) is 77.6 Å². The van der Waals surface area contributed by atoms with Crippen molar-refractivity contribution in [1.82, 2.24) is 9.97 Å². The lowest BCUT2D eigenvalue weighted by Gasteiger charge is -2.11. The summed E-state index contributed by atoms with van der Waals surface area (Å²) >= 11 is 0. The minimum Gasteiger partial charge on any atom is -0.366 e. The van der Waals surface area contributed by atoms with E-state index in [9.17, 15) is 13.2 Å². The summed E-state index contributed by atoms with van der Waals surface area (Å²) in [6.45, 7) is 2.65. The number of aryl methyl sites for hydroxylation is 1. The molecule has 0 amide bonds. The van der Waals surface area contributed by atoms with Crippen molar-refractivity contribution in [2.75, 3.05) is 10.6 Å². The Morgan fingerprint density at radius 3 is 2.31 bits per heavy atom. The molecule has 0 aliphatic rings. The Bertz CT molecular complexity index is 876. The van der Waals surface area contributed by atoms with Gasteiger partial charge in [-0.25, -0.2) is 9.97 Å². The van der Waals surface area contributed by atoms with Crippen LogP contribution < -0.4 is 10.6 Å². The Kier molecular flexibility index (Phi) is 5.06. The van der Waals surface area contributed by atoms with Crippen molar-refractivity contribution in [1.29, 1.82) is 0 Å². The van der Waals surface area contributed by atoms with Gasteiger partial charge in [-0.15, -0.1) is 0 Å². The lowest BCUT2D eigenvalue weighted by Crippen LogP contribution is -2.05. The van der Waals surface area contributed by atoms with E-state index in [0.717, 1.165) is 17.7 Å². The summed E-state index contributed by atoms with van der Waals surface area (Å²) in [6.07, 6.45) is -2.95. The fourth-order valence-corrected chi connectivity index (χ4v) is 2.41. The highest BCUT2D eigenvalue weighted by Crippen LogP contribution is 2.30. The number of halogens is 3. The molecule has 4 nitrogen and oxygen atoms in total. The van der Waals surface area contributed by atoms with E-state index in [4.69, 9.17) is 0 Å². The van der Waals surface area contributed by atoms with Crippen LogP contribution in [0.3, 0.4) is 0 Å². The van der Waals surface area contributed by atoms with Crippen LogP contribution in [0.25, 0.3) is 0 Å². The molecule has 0 bridgehead atoms. The highest BCUT2D eigenvalue weighted by atomic mass is 19.4. The van der Waals surface area contributed by atoms with Crippen molar-refractivity contribution in [3.63, 3.8) is 0 Å². The number of hydrogen-bond donors (Lipinski definition) is 2. The van der Waals surface area contributed by atoms with Crippen LogP contribution >= 0.6 is 0 Å². The van der Waals surface area contributed by atoms with E-state index >= 15 is 0 Å². The van der Waals surface area contributed by atoms with E-state index in [1.807, 2.05) is 31.2 Å². The Labute approximate surface area is 149 Å². The Balaban J connectivity index is 1.66. The van der Waals surface area contributed by atoms with E-state index in [0.29, 0.717) is 23.9 Å². The van der Waals surface area contributed by atoms with Crippen LogP contribution in [0.15, 0.2) is 60.9 Å². The molecule has 0 spiro atoms. The van der Waals surface area contributed by atoms with Crippen molar-refractivity contribution < 1.29 is 13.2 Å². The van der Waals surface area contributed by atoms with Gasteiger partial charge in [-0.3, -0.25) is 0 Å². The molecule has 1 aromatic heterocycles. The van der Waals surface area contributed by atoms with Crippen molar-refractivity contribution >= 4 is 17.3 Å². The topological polar surface area (TPSA) is 49.8 Å². The van der Waals surface area contributed by atoms with Crippen molar-refractivity contribution in [3.8, 4) is 0 Å². The smallest absolute Gasteiger partial charge is 0.366 e. The first-order valence-corrected chi connectivity index (χ1v) is 7.96. The number of hydrogen-bond acceptors (Lipinski definition) is 4. The van der Waals surface area contributed by atoms with E-state index in [2.05, 4.69) is 20.6 Å². The average Bonchev–Trinajstić information content (AvgIpc) is 2.61. The number of benzene rings is 2.